The van der Waals surface area contributed by atoms with Crippen LogP contribution in [-0.4, -0.2) is 27.0 Å². The highest BCUT2D eigenvalue weighted by Crippen LogP contribution is 2.57. The van der Waals surface area contributed by atoms with Crippen LogP contribution in [0.15, 0.2) is 0 Å². The van der Waals surface area contributed by atoms with Crippen molar-refractivity contribution in [2.45, 2.75) is 51.6 Å². The summed E-state index contributed by atoms with van der Waals surface area (Å²) in [6.07, 6.45) is 3.65. The van der Waals surface area contributed by atoms with E-state index in [0.717, 1.165) is 30.4 Å². The molecule has 0 aliphatic heterocycles. The van der Waals surface area contributed by atoms with Crippen molar-refractivity contribution in [3.8, 4) is 0 Å². The van der Waals surface area contributed by atoms with Gasteiger partial charge in [-0.3, -0.25) is 0 Å². The largest absolute Gasteiger partial charge is 0.455 e. The van der Waals surface area contributed by atoms with Gasteiger partial charge in [-0.05, 0) is 51.9 Å². The maximum atomic E-state index is 12.0. The first-order valence-corrected chi connectivity index (χ1v) is 6.58. The predicted octanol–water partition coefficient (Wildman–Crippen LogP) is 2.27. The molecule has 1 N–H and O–H groups in total. The standard InChI is InChI=1S/C13H19N3O2/c1-13(2,3)18-12(17)11-10(14-16-15-11)9-5-7-4-8(7)6-9/h7-9H,4-6H2,1-3H3,(H,14,15,16). The van der Waals surface area contributed by atoms with Crippen molar-refractivity contribution >= 4 is 5.97 Å². The zero-order valence-electron chi connectivity index (χ0n) is 11.1. The molecule has 2 unspecified atom stereocenters. The van der Waals surface area contributed by atoms with Gasteiger partial charge in [0.15, 0.2) is 5.69 Å². The number of ether oxygens (including phenoxy) is 1. The summed E-state index contributed by atoms with van der Waals surface area (Å²) in [4.78, 5) is 12.0. The molecule has 0 saturated heterocycles. The molecule has 98 valence electrons. The number of hydrogen-bond acceptors (Lipinski definition) is 4. The first-order chi connectivity index (χ1) is 8.44. The maximum Gasteiger partial charge on any atom is 0.361 e. The van der Waals surface area contributed by atoms with Crippen LogP contribution in [0.4, 0.5) is 0 Å². The number of fused-ring (bicyclic) bond motifs is 1. The van der Waals surface area contributed by atoms with E-state index in [1.165, 1.54) is 6.42 Å². The number of nitrogens with one attached hydrogen (secondary N) is 1. The van der Waals surface area contributed by atoms with Crippen molar-refractivity contribution in [2.75, 3.05) is 0 Å². The van der Waals surface area contributed by atoms with Crippen LogP contribution < -0.4 is 0 Å². The van der Waals surface area contributed by atoms with Gasteiger partial charge in [0.2, 0.25) is 0 Å². The van der Waals surface area contributed by atoms with E-state index < -0.39 is 5.60 Å². The van der Waals surface area contributed by atoms with Crippen LogP contribution in [0.25, 0.3) is 0 Å². The third-order valence-corrected chi connectivity index (χ3v) is 3.80. The minimum atomic E-state index is -0.495. The third-order valence-electron chi connectivity index (χ3n) is 3.80. The summed E-state index contributed by atoms with van der Waals surface area (Å²) in [5, 5.41) is 10.7. The summed E-state index contributed by atoms with van der Waals surface area (Å²) in [6, 6.07) is 0. The van der Waals surface area contributed by atoms with Crippen LogP contribution in [-0.2, 0) is 4.74 Å². The maximum absolute atomic E-state index is 12.0. The number of carbonyl (C=O) groups is 1. The number of rotatable bonds is 2. The van der Waals surface area contributed by atoms with Gasteiger partial charge < -0.3 is 4.74 Å². The number of hydrogen-bond donors (Lipinski definition) is 1. The van der Waals surface area contributed by atoms with E-state index in [9.17, 15) is 4.79 Å². The fourth-order valence-electron chi connectivity index (χ4n) is 2.94. The summed E-state index contributed by atoms with van der Waals surface area (Å²) < 4.78 is 5.36. The number of nitrogens with zero attached hydrogens (tertiary/aromatic N) is 2. The summed E-state index contributed by atoms with van der Waals surface area (Å²) >= 11 is 0. The molecule has 1 aromatic heterocycles. The molecular formula is C13H19N3O2. The van der Waals surface area contributed by atoms with E-state index in [-0.39, 0.29) is 5.97 Å². The first kappa shape index (κ1) is 11.7. The lowest BCUT2D eigenvalue weighted by Gasteiger charge is -2.19. The van der Waals surface area contributed by atoms with Crippen molar-refractivity contribution in [1.82, 2.24) is 15.4 Å². The van der Waals surface area contributed by atoms with Gasteiger partial charge in [-0.15, -0.1) is 5.10 Å². The monoisotopic (exact) mass is 249 g/mol. The topological polar surface area (TPSA) is 67.9 Å². The number of aromatic amines is 1. The highest BCUT2D eigenvalue weighted by atomic mass is 16.6. The molecule has 2 atom stereocenters. The third kappa shape index (κ3) is 2.13. The van der Waals surface area contributed by atoms with Crippen molar-refractivity contribution in [2.24, 2.45) is 11.8 Å². The molecule has 0 amide bonds. The second-order valence-electron chi connectivity index (χ2n) is 6.48. The Morgan fingerprint density at radius 2 is 1.89 bits per heavy atom. The second-order valence-corrected chi connectivity index (χ2v) is 6.48. The molecule has 0 radical (unpaired) electrons. The smallest absolute Gasteiger partial charge is 0.361 e. The summed E-state index contributed by atoms with van der Waals surface area (Å²) in [6.45, 7) is 5.57. The van der Waals surface area contributed by atoms with Crippen LogP contribution in [0.1, 0.15) is 62.1 Å². The lowest BCUT2D eigenvalue weighted by molar-refractivity contribution is 0.00609. The number of esters is 1. The van der Waals surface area contributed by atoms with Gasteiger partial charge in [0.05, 0.1) is 0 Å². The molecule has 2 aliphatic rings. The minimum absolute atomic E-state index is 0.369. The van der Waals surface area contributed by atoms with E-state index in [1.807, 2.05) is 20.8 Å². The molecule has 18 heavy (non-hydrogen) atoms. The molecule has 2 aliphatic carbocycles. The van der Waals surface area contributed by atoms with Gasteiger partial charge in [0, 0.05) is 5.92 Å². The Labute approximate surface area is 106 Å². The first-order valence-electron chi connectivity index (χ1n) is 6.58. The number of H-pyrrole nitrogens is 1. The quantitative estimate of drug-likeness (QED) is 0.816. The van der Waals surface area contributed by atoms with Gasteiger partial charge >= 0.3 is 5.97 Å². The molecule has 0 spiro atoms. The van der Waals surface area contributed by atoms with Gasteiger partial charge in [0.1, 0.15) is 11.3 Å². The predicted molar refractivity (Wildman–Crippen MR) is 65.1 cm³/mol. The molecule has 0 bridgehead atoms. The lowest BCUT2D eigenvalue weighted by atomic mass is 9.98. The van der Waals surface area contributed by atoms with Gasteiger partial charge in [-0.25, -0.2) is 4.79 Å². The highest BCUT2D eigenvalue weighted by molar-refractivity contribution is 5.88. The Kier molecular flexibility index (Phi) is 2.47. The SMILES string of the molecule is CC(C)(C)OC(=O)c1n[nH]nc1C1CC2CC2C1. The Balaban J connectivity index is 1.76. The van der Waals surface area contributed by atoms with E-state index in [2.05, 4.69) is 15.4 Å². The van der Waals surface area contributed by atoms with Gasteiger partial charge in [-0.1, -0.05) is 0 Å². The van der Waals surface area contributed by atoms with Crippen LogP contribution in [0.3, 0.4) is 0 Å². The molecule has 2 saturated carbocycles. The Hall–Kier alpha value is -1.39. The van der Waals surface area contributed by atoms with Crippen LogP contribution in [0.2, 0.25) is 0 Å². The average molecular weight is 249 g/mol. The summed E-state index contributed by atoms with van der Waals surface area (Å²) in [7, 11) is 0. The minimum Gasteiger partial charge on any atom is -0.455 e. The molecule has 5 heteroatoms. The highest BCUT2D eigenvalue weighted by Gasteiger charge is 2.48. The van der Waals surface area contributed by atoms with E-state index >= 15 is 0 Å². The molecule has 0 aromatic carbocycles. The van der Waals surface area contributed by atoms with Crippen LogP contribution in [0.5, 0.6) is 0 Å². The van der Waals surface area contributed by atoms with Crippen molar-refractivity contribution in [3.63, 3.8) is 0 Å². The zero-order valence-corrected chi connectivity index (χ0v) is 11.1. The van der Waals surface area contributed by atoms with E-state index in [1.54, 1.807) is 0 Å². The summed E-state index contributed by atoms with van der Waals surface area (Å²) in [5.41, 5.74) is 0.679. The van der Waals surface area contributed by atoms with Crippen molar-refractivity contribution in [3.05, 3.63) is 11.4 Å². The summed E-state index contributed by atoms with van der Waals surface area (Å²) in [5.74, 6) is 1.73. The van der Waals surface area contributed by atoms with Crippen molar-refractivity contribution in [1.29, 1.82) is 0 Å². The molecular weight excluding hydrogens is 230 g/mol. The Morgan fingerprint density at radius 1 is 1.22 bits per heavy atom. The normalized spacial score (nSPS) is 30.1. The molecule has 5 nitrogen and oxygen atoms in total. The lowest BCUT2D eigenvalue weighted by Crippen LogP contribution is -2.25. The van der Waals surface area contributed by atoms with E-state index in [0.29, 0.717) is 11.6 Å². The number of carbonyl (C=O) groups excluding carboxylic acids is 1. The van der Waals surface area contributed by atoms with Gasteiger partial charge in [0.25, 0.3) is 0 Å². The Morgan fingerprint density at radius 3 is 2.50 bits per heavy atom. The molecule has 2 fully saturated rings. The fourth-order valence-corrected chi connectivity index (χ4v) is 2.94. The Bertz CT molecular complexity index is 465. The average Bonchev–Trinajstić information content (AvgIpc) is 2.75. The molecule has 1 heterocycles. The second kappa shape index (κ2) is 3.80. The molecule has 1 aromatic rings. The van der Waals surface area contributed by atoms with Crippen molar-refractivity contribution < 1.29 is 9.53 Å². The van der Waals surface area contributed by atoms with Gasteiger partial charge in [-0.2, -0.15) is 10.3 Å². The molecule has 3 rings (SSSR count). The zero-order chi connectivity index (χ0) is 12.9. The fraction of sp³-hybridized carbons (Fsp3) is 0.769. The van der Waals surface area contributed by atoms with Crippen LogP contribution in [0, 0.1) is 11.8 Å². The number of aromatic nitrogens is 3. The van der Waals surface area contributed by atoms with E-state index in [4.69, 9.17) is 4.74 Å². The van der Waals surface area contributed by atoms with Crippen LogP contribution >= 0.6 is 0 Å².